The zero-order valence-electron chi connectivity index (χ0n) is 11.8. The van der Waals surface area contributed by atoms with Gasteiger partial charge in [-0.1, -0.05) is 6.42 Å². The predicted octanol–water partition coefficient (Wildman–Crippen LogP) is 2.68. The summed E-state index contributed by atoms with van der Waals surface area (Å²) in [5, 5.41) is 11.4. The number of carboxylic acid groups (broad SMARTS) is 1. The van der Waals surface area contributed by atoms with E-state index in [0.29, 0.717) is 18.6 Å². The number of amides is 1. The Morgan fingerprint density at radius 3 is 2.57 bits per heavy atom. The van der Waals surface area contributed by atoms with Gasteiger partial charge in [0, 0.05) is 5.92 Å². The number of rotatable bonds is 6. The van der Waals surface area contributed by atoms with Crippen LogP contribution in [0.5, 0.6) is 0 Å². The molecule has 1 rings (SSSR count). The van der Waals surface area contributed by atoms with Gasteiger partial charge in [-0.2, -0.15) is 24.9 Å². The minimum absolute atomic E-state index is 0.0438. The second-order valence-electron chi connectivity index (χ2n) is 5.28. The zero-order chi connectivity index (χ0) is 16.0. The maximum atomic E-state index is 12.7. The number of carbonyl (C=O) groups is 2. The highest BCUT2D eigenvalue weighted by Gasteiger charge is 2.43. The summed E-state index contributed by atoms with van der Waals surface area (Å²) in [5.41, 5.74) is 0. The highest BCUT2D eigenvalue weighted by Crippen LogP contribution is 2.39. The fourth-order valence-corrected chi connectivity index (χ4v) is 2.98. The molecule has 0 spiro atoms. The average Bonchev–Trinajstić information content (AvgIpc) is 2.42. The molecule has 2 unspecified atom stereocenters. The van der Waals surface area contributed by atoms with E-state index in [9.17, 15) is 22.8 Å². The average molecular weight is 327 g/mol. The maximum absolute atomic E-state index is 12.7. The van der Waals surface area contributed by atoms with Crippen molar-refractivity contribution in [1.29, 1.82) is 0 Å². The molecule has 0 heterocycles. The molecule has 0 bridgehead atoms. The molecule has 1 fully saturated rings. The highest BCUT2D eigenvalue weighted by atomic mass is 32.2. The van der Waals surface area contributed by atoms with Crippen molar-refractivity contribution in [3.63, 3.8) is 0 Å². The van der Waals surface area contributed by atoms with Crippen LogP contribution in [0.15, 0.2) is 0 Å². The first kappa shape index (κ1) is 18.1. The van der Waals surface area contributed by atoms with Gasteiger partial charge in [0.2, 0.25) is 5.91 Å². The molecule has 1 aliphatic rings. The fourth-order valence-electron chi connectivity index (χ4n) is 2.51. The van der Waals surface area contributed by atoms with Crippen LogP contribution in [0.1, 0.15) is 32.1 Å². The molecule has 0 saturated heterocycles. The van der Waals surface area contributed by atoms with E-state index in [2.05, 4.69) is 5.32 Å². The van der Waals surface area contributed by atoms with Crippen molar-refractivity contribution in [1.82, 2.24) is 5.32 Å². The Morgan fingerprint density at radius 2 is 2.05 bits per heavy atom. The van der Waals surface area contributed by atoms with Crippen molar-refractivity contribution in [3.8, 4) is 0 Å². The fraction of sp³-hybridized carbons (Fsp3) is 0.846. The van der Waals surface area contributed by atoms with Crippen molar-refractivity contribution in [2.75, 3.05) is 12.0 Å². The maximum Gasteiger partial charge on any atom is 0.391 e. The lowest BCUT2D eigenvalue weighted by Gasteiger charge is -2.30. The summed E-state index contributed by atoms with van der Waals surface area (Å²) >= 11 is 1.45. The molecular weight excluding hydrogens is 307 g/mol. The van der Waals surface area contributed by atoms with Crippen LogP contribution >= 0.6 is 11.8 Å². The van der Waals surface area contributed by atoms with Crippen LogP contribution in [0.4, 0.5) is 13.2 Å². The van der Waals surface area contributed by atoms with Crippen molar-refractivity contribution in [2.24, 2.45) is 11.8 Å². The third-order valence-electron chi connectivity index (χ3n) is 3.73. The molecule has 8 heteroatoms. The van der Waals surface area contributed by atoms with Gasteiger partial charge < -0.3 is 10.4 Å². The largest absolute Gasteiger partial charge is 0.480 e. The van der Waals surface area contributed by atoms with Gasteiger partial charge in [-0.05, 0) is 37.7 Å². The van der Waals surface area contributed by atoms with Gasteiger partial charge in [0.25, 0.3) is 0 Å². The molecule has 122 valence electrons. The SMILES string of the molecule is CSCC[C@H](NC(=O)C1CCCC(C(F)(F)F)C1)C(=O)O. The number of carbonyl (C=O) groups excluding carboxylic acids is 1. The van der Waals surface area contributed by atoms with E-state index < -0.39 is 35.9 Å². The summed E-state index contributed by atoms with van der Waals surface area (Å²) in [4.78, 5) is 23.0. The van der Waals surface area contributed by atoms with Gasteiger partial charge in [-0.3, -0.25) is 4.79 Å². The predicted molar refractivity (Wildman–Crippen MR) is 74.1 cm³/mol. The van der Waals surface area contributed by atoms with Crippen molar-refractivity contribution in [2.45, 2.75) is 44.3 Å². The summed E-state index contributed by atoms with van der Waals surface area (Å²) in [5.74, 6) is -3.37. The lowest BCUT2D eigenvalue weighted by molar-refractivity contribution is -0.186. The number of carboxylic acids is 1. The molecule has 0 aromatic heterocycles. The van der Waals surface area contributed by atoms with Crippen LogP contribution in [0, 0.1) is 11.8 Å². The van der Waals surface area contributed by atoms with E-state index in [4.69, 9.17) is 5.11 Å². The van der Waals surface area contributed by atoms with Gasteiger partial charge in [-0.25, -0.2) is 4.79 Å². The minimum Gasteiger partial charge on any atom is -0.480 e. The second kappa shape index (κ2) is 7.91. The molecule has 1 amide bonds. The van der Waals surface area contributed by atoms with E-state index in [1.54, 1.807) is 0 Å². The molecule has 1 aliphatic carbocycles. The molecule has 0 radical (unpaired) electrons. The number of halogens is 3. The number of hydrogen-bond donors (Lipinski definition) is 2. The molecule has 1 saturated carbocycles. The van der Waals surface area contributed by atoms with Crippen LogP contribution in [-0.2, 0) is 9.59 Å². The first-order chi connectivity index (χ1) is 9.75. The molecule has 3 atom stereocenters. The summed E-state index contributed by atoms with van der Waals surface area (Å²) < 4.78 is 38.1. The number of thioether (sulfide) groups is 1. The third-order valence-corrected chi connectivity index (χ3v) is 4.38. The zero-order valence-corrected chi connectivity index (χ0v) is 12.6. The molecule has 0 aliphatic heterocycles. The number of nitrogens with one attached hydrogen (secondary N) is 1. The summed E-state index contributed by atoms with van der Waals surface area (Å²) in [6, 6.07) is -1.03. The van der Waals surface area contributed by atoms with Crippen LogP contribution in [0.2, 0.25) is 0 Å². The van der Waals surface area contributed by atoms with Crippen LogP contribution in [0.3, 0.4) is 0 Å². The first-order valence-electron chi connectivity index (χ1n) is 6.84. The number of alkyl halides is 3. The minimum atomic E-state index is -4.29. The van der Waals surface area contributed by atoms with Crippen molar-refractivity contribution < 1.29 is 27.9 Å². The molecule has 21 heavy (non-hydrogen) atoms. The highest BCUT2D eigenvalue weighted by molar-refractivity contribution is 7.98. The molecule has 0 aromatic rings. The Bertz CT molecular complexity index is 376. The molecule has 2 N–H and O–H groups in total. The van der Waals surface area contributed by atoms with Crippen LogP contribution in [0.25, 0.3) is 0 Å². The van der Waals surface area contributed by atoms with E-state index >= 15 is 0 Å². The number of aliphatic carboxylic acids is 1. The third kappa shape index (κ3) is 5.76. The lowest BCUT2D eigenvalue weighted by atomic mass is 9.80. The summed E-state index contributed by atoms with van der Waals surface area (Å²) in [7, 11) is 0. The van der Waals surface area contributed by atoms with Crippen molar-refractivity contribution >= 4 is 23.6 Å². The van der Waals surface area contributed by atoms with Gasteiger partial charge >= 0.3 is 12.1 Å². The van der Waals surface area contributed by atoms with Gasteiger partial charge in [0.15, 0.2) is 0 Å². The lowest BCUT2D eigenvalue weighted by Crippen LogP contribution is -2.45. The Kier molecular flexibility index (Phi) is 6.83. The molecule has 0 aromatic carbocycles. The Balaban J connectivity index is 2.59. The monoisotopic (exact) mass is 327 g/mol. The van der Waals surface area contributed by atoms with Gasteiger partial charge in [-0.15, -0.1) is 0 Å². The first-order valence-corrected chi connectivity index (χ1v) is 8.24. The van der Waals surface area contributed by atoms with E-state index in [1.807, 2.05) is 6.26 Å². The Morgan fingerprint density at radius 1 is 1.38 bits per heavy atom. The summed E-state index contributed by atoms with van der Waals surface area (Å²) in [6.07, 6.45) is -1.69. The normalized spacial score (nSPS) is 24.4. The topological polar surface area (TPSA) is 66.4 Å². The molecule has 4 nitrogen and oxygen atoms in total. The van der Waals surface area contributed by atoms with E-state index in [-0.39, 0.29) is 19.3 Å². The standard InChI is InChI=1S/C13H20F3NO3S/c1-21-6-5-10(12(19)20)17-11(18)8-3-2-4-9(7-8)13(14,15)16/h8-10H,2-7H2,1H3,(H,17,18)(H,19,20)/t8?,9?,10-/m0/s1. The van der Waals surface area contributed by atoms with E-state index in [0.717, 1.165) is 0 Å². The van der Waals surface area contributed by atoms with Crippen LogP contribution in [-0.4, -0.2) is 41.2 Å². The summed E-state index contributed by atoms with van der Waals surface area (Å²) in [6.45, 7) is 0. The smallest absolute Gasteiger partial charge is 0.391 e. The van der Waals surface area contributed by atoms with Crippen LogP contribution < -0.4 is 5.32 Å². The number of hydrogen-bond acceptors (Lipinski definition) is 3. The molecular formula is C13H20F3NO3S. The quantitative estimate of drug-likeness (QED) is 0.787. The Labute approximate surface area is 125 Å². The van der Waals surface area contributed by atoms with Gasteiger partial charge in [0.1, 0.15) is 6.04 Å². The second-order valence-corrected chi connectivity index (χ2v) is 6.27. The van der Waals surface area contributed by atoms with Crippen molar-refractivity contribution in [3.05, 3.63) is 0 Å². The Hall–Kier alpha value is -0.920. The van der Waals surface area contributed by atoms with E-state index in [1.165, 1.54) is 11.8 Å². The van der Waals surface area contributed by atoms with Gasteiger partial charge in [0.05, 0.1) is 5.92 Å².